The van der Waals surface area contributed by atoms with E-state index in [0.717, 1.165) is 18.9 Å². The number of carbonyl (C=O) groups excluding carboxylic acids is 1. The quantitative estimate of drug-likeness (QED) is 0.530. The van der Waals surface area contributed by atoms with Crippen LogP contribution in [0.25, 0.3) is 0 Å². The van der Waals surface area contributed by atoms with E-state index in [-0.39, 0.29) is 6.03 Å². The molecule has 3 atom stereocenters. The van der Waals surface area contributed by atoms with E-state index in [2.05, 4.69) is 17.6 Å². The molecule has 1 saturated heterocycles. The molecular formula is C8H14N2O. The molecular weight excluding hydrogens is 140 g/mol. The van der Waals surface area contributed by atoms with Gasteiger partial charge in [0.05, 0.1) is 0 Å². The van der Waals surface area contributed by atoms with Crippen LogP contribution in [0.4, 0.5) is 4.79 Å². The first-order valence-electron chi connectivity index (χ1n) is 4.30. The maximum absolute atomic E-state index is 10.9. The lowest BCUT2D eigenvalue weighted by Gasteiger charge is -2.26. The summed E-state index contributed by atoms with van der Waals surface area (Å²) in [7, 11) is 0. The van der Waals surface area contributed by atoms with E-state index < -0.39 is 0 Å². The monoisotopic (exact) mass is 154 g/mol. The Balaban J connectivity index is 2.02. The summed E-state index contributed by atoms with van der Waals surface area (Å²) in [5, 5.41) is 5.78. The van der Waals surface area contributed by atoms with Gasteiger partial charge in [-0.25, -0.2) is 4.79 Å². The summed E-state index contributed by atoms with van der Waals surface area (Å²) in [5.41, 5.74) is 0. The van der Waals surface area contributed by atoms with E-state index in [1.165, 1.54) is 6.42 Å². The zero-order valence-corrected chi connectivity index (χ0v) is 6.76. The van der Waals surface area contributed by atoms with E-state index in [9.17, 15) is 4.79 Å². The number of amides is 2. The third-order valence-corrected chi connectivity index (χ3v) is 2.77. The molecule has 1 saturated carbocycles. The molecule has 11 heavy (non-hydrogen) atoms. The number of urea groups is 1. The van der Waals surface area contributed by atoms with Crippen molar-refractivity contribution in [1.82, 2.24) is 10.6 Å². The average Bonchev–Trinajstić information content (AvgIpc) is 2.27. The Bertz CT molecular complexity index is 181. The van der Waals surface area contributed by atoms with Gasteiger partial charge in [-0.1, -0.05) is 6.92 Å². The molecule has 3 heteroatoms. The lowest BCUT2D eigenvalue weighted by molar-refractivity contribution is 0.220. The average molecular weight is 154 g/mol. The summed E-state index contributed by atoms with van der Waals surface area (Å²) < 4.78 is 0. The van der Waals surface area contributed by atoms with Gasteiger partial charge in [-0.3, -0.25) is 0 Å². The molecule has 1 aliphatic heterocycles. The molecule has 2 aliphatic rings. The second kappa shape index (κ2) is 2.40. The highest BCUT2D eigenvalue weighted by Gasteiger charge is 2.35. The molecule has 1 aliphatic carbocycles. The largest absolute Gasteiger partial charge is 0.338 e. The van der Waals surface area contributed by atoms with Crippen molar-refractivity contribution in [2.45, 2.75) is 25.8 Å². The van der Waals surface area contributed by atoms with Gasteiger partial charge in [0.25, 0.3) is 0 Å². The highest BCUT2D eigenvalue weighted by Crippen LogP contribution is 2.31. The molecule has 0 aromatic rings. The van der Waals surface area contributed by atoms with E-state index in [4.69, 9.17) is 0 Å². The van der Waals surface area contributed by atoms with Crippen LogP contribution in [0.3, 0.4) is 0 Å². The smallest absolute Gasteiger partial charge is 0.315 e. The van der Waals surface area contributed by atoms with Gasteiger partial charge in [-0.15, -0.1) is 0 Å². The standard InChI is InChI=1S/C8H14N2O/c1-5-2-6-4-9-8(11)10-7(6)3-5/h5-7H,2-4H2,1H3,(H2,9,10,11)/t5-,6?,7?/m1/s1. The summed E-state index contributed by atoms with van der Waals surface area (Å²) in [5.74, 6) is 1.47. The van der Waals surface area contributed by atoms with Crippen LogP contribution in [0.15, 0.2) is 0 Å². The van der Waals surface area contributed by atoms with Crippen LogP contribution in [0.2, 0.25) is 0 Å². The van der Waals surface area contributed by atoms with E-state index in [0.29, 0.717) is 12.0 Å². The minimum absolute atomic E-state index is 0.0142. The Kier molecular flexibility index (Phi) is 1.51. The van der Waals surface area contributed by atoms with E-state index in [1.54, 1.807) is 0 Å². The zero-order valence-electron chi connectivity index (χ0n) is 6.76. The molecule has 3 nitrogen and oxygen atoms in total. The first kappa shape index (κ1) is 6.95. The predicted molar refractivity (Wildman–Crippen MR) is 42.2 cm³/mol. The number of hydrogen-bond acceptors (Lipinski definition) is 1. The molecule has 0 aromatic heterocycles. The van der Waals surface area contributed by atoms with Crippen LogP contribution >= 0.6 is 0 Å². The molecule has 2 rings (SSSR count). The van der Waals surface area contributed by atoms with Crippen LogP contribution in [0, 0.1) is 11.8 Å². The molecule has 2 unspecified atom stereocenters. The van der Waals surface area contributed by atoms with Crippen LogP contribution in [-0.4, -0.2) is 18.6 Å². The molecule has 2 fully saturated rings. The number of rotatable bonds is 0. The highest BCUT2D eigenvalue weighted by molar-refractivity contribution is 5.75. The minimum Gasteiger partial charge on any atom is -0.338 e. The Morgan fingerprint density at radius 1 is 1.45 bits per heavy atom. The summed E-state index contributed by atoms with van der Waals surface area (Å²) in [6.07, 6.45) is 2.43. The Hall–Kier alpha value is -0.730. The Morgan fingerprint density at radius 3 is 3.09 bits per heavy atom. The van der Waals surface area contributed by atoms with Gasteiger partial charge in [0, 0.05) is 12.6 Å². The Labute approximate surface area is 66.5 Å². The number of hydrogen-bond donors (Lipinski definition) is 2. The fourth-order valence-corrected chi connectivity index (χ4v) is 2.25. The van der Waals surface area contributed by atoms with Crippen molar-refractivity contribution >= 4 is 6.03 Å². The first-order valence-corrected chi connectivity index (χ1v) is 4.30. The predicted octanol–water partition coefficient (Wildman–Crippen LogP) is 0.714. The van der Waals surface area contributed by atoms with Gasteiger partial charge in [-0.2, -0.15) is 0 Å². The van der Waals surface area contributed by atoms with Crippen molar-refractivity contribution in [3.8, 4) is 0 Å². The molecule has 62 valence electrons. The molecule has 2 amide bonds. The van der Waals surface area contributed by atoms with Crippen molar-refractivity contribution in [3.63, 3.8) is 0 Å². The fraction of sp³-hybridized carbons (Fsp3) is 0.875. The number of carbonyl (C=O) groups is 1. The van der Waals surface area contributed by atoms with E-state index in [1.807, 2.05) is 0 Å². The van der Waals surface area contributed by atoms with Gasteiger partial charge in [0.2, 0.25) is 0 Å². The van der Waals surface area contributed by atoms with E-state index >= 15 is 0 Å². The van der Waals surface area contributed by atoms with Crippen LogP contribution < -0.4 is 10.6 Å². The summed E-state index contributed by atoms with van der Waals surface area (Å²) in [6.45, 7) is 3.13. The van der Waals surface area contributed by atoms with Crippen molar-refractivity contribution < 1.29 is 4.79 Å². The molecule has 1 heterocycles. The maximum Gasteiger partial charge on any atom is 0.315 e. The maximum atomic E-state index is 10.9. The summed E-state index contributed by atoms with van der Waals surface area (Å²) in [4.78, 5) is 10.9. The van der Waals surface area contributed by atoms with Crippen molar-refractivity contribution in [1.29, 1.82) is 0 Å². The summed E-state index contributed by atoms with van der Waals surface area (Å²) in [6, 6.07) is 0.471. The van der Waals surface area contributed by atoms with Gasteiger partial charge in [0.15, 0.2) is 0 Å². The van der Waals surface area contributed by atoms with Gasteiger partial charge in [-0.05, 0) is 24.7 Å². The van der Waals surface area contributed by atoms with Gasteiger partial charge in [0.1, 0.15) is 0 Å². The number of fused-ring (bicyclic) bond motifs is 1. The fourth-order valence-electron chi connectivity index (χ4n) is 2.25. The normalized spacial score (nSPS) is 42.6. The topological polar surface area (TPSA) is 41.1 Å². The van der Waals surface area contributed by atoms with Gasteiger partial charge >= 0.3 is 6.03 Å². The Morgan fingerprint density at radius 2 is 2.27 bits per heavy atom. The van der Waals surface area contributed by atoms with Crippen LogP contribution in [0.1, 0.15) is 19.8 Å². The minimum atomic E-state index is 0.0142. The van der Waals surface area contributed by atoms with Crippen LogP contribution in [0.5, 0.6) is 0 Å². The molecule has 2 N–H and O–H groups in total. The lowest BCUT2D eigenvalue weighted by Crippen LogP contribution is -2.52. The van der Waals surface area contributed by atoms with Crippen molar-refractivity contribution in [2.24, 2.45) is 11.8 Å². The van der Waals surface area contributed by atoms with Crippen molar-refractivity contribution in [3.05, 3.63) is 0 Å². The molecule has 0 bridgehead atoms. The third-order valence-electron chi connectivity index (χ3n) is 2.77. The van der Waals surface area contributed by atoms with Crippen LogP contribution in [-0.2, 0) is 0 Å². The zero-order chi connectivity index (χ0) is 7.84. The first-order chi connectivity index (χ1) is 5.25. The highest BCUT2D eigenvalue weighted by atomic mass is 16.2. The second-order valence-electron chi connectivity index (χ2n) is 3.80. The van der Waals surface area contributed by atoms with Gasteiger partial charge < -0.3 is 10.6 Å². The number of nitrogens with one attached hydrogen (secondary N) is 2. The SMILES string of the molecule is C[C@@H]1CC2CNC(=O)NC2C1. The third kappa shape index (κ3) is 1.19. The molecule has 0 aromatic carbocycles. The van der Waals surface area contributed by atoms with Crippen molar-refractivity contribution in [2.75, 3.05) is 6.54 Å². The lowest BCUT2D eigenvalue weighted by atomic mass is 10.0. The second-order valence-corrected chi connectivity index (χ2v) is 3.80. The summed E-state index contributed by atoms with van der Waals surface area (Å²) >= 11 is 0. The molecule has 0 spiro atoms. The molecule has 0 radical (unpaired) electrons.